The smallest absolute Gasteiger partial charge is 0.130 e. The third-order valence-corrected chi connectivity index (χ3v) is 3.23. The lowest BCUT2D eigenvalue weighted by atomic mass is 10.1. The summed E-state index contributed by atoms with van der Waals surface area (Å²) in [5.41, 5.74) is 0.508. The van der Waals surface area contributed by atoms with Gasteiger partial charge in [-0.25, -0.2) is 8.78 Å². The van der Waals surface area contributed by atoms with Gasteiger partial charge in [0.1, 0.15) is 11.6 Å². The number of ether oxygens (including phenoxy) is 1. The number of rotatable bonds is 6. The second-order valence-corrected chi connectivity index (χ2v) is 4.69. The Morgan fingerprint density at radius 1 is 1.33 bits per heavy atom. The van der Waals surface area contributed by atoms with Gasteiger partial charge in [-0.05, 0) is 38.3 Å². The van der Waals surface area contributed by atoms with E-state index in [-0.39, 0.29) is 0 Å². The monoisotopic (exact) mass is 255 g/mol. The molecule has 1 atom stereocenters. The maximum Gasteiger partial charge on any atom is 0.130 e. The van der Waals surface area contributed by atoms with Crippen molar-refractivity contribution in [2.45, 2.75) is 38.3 Å². The van der Waals surface area contributed by atoms with Gasteiger partial charge in [0, 0.05) is 24.8 Å². The van der Waals surface area contributed by atoms with E-state index in [2.05, 4.69) is 5.32 Å². The van der Waals surface area contributed by atoms with Gasteiger partial charge in [0.2, 0.25) is 0 Å². The first-order chi connectivity index (χ1) is 8.75. The summed E-state index contributed by atoms with van der Waals surface area (Å²) in [4.78, 5) is 0. The highest BCUT2D eigenvalue weighted by Crippen LogP contribution is 2.16. The van der Waals surface area contributed by atoms with Crippen LogP contribution in [0.1, 0.15) is 31.2 Å². The lowest BCUT2D eigenvalue weighted by Gasteiger charge is -2.09. The fourth-order valence-corrected chi connectivity index (χ4v) is 2.21. The molecular formula is C14H19F2NO. The van der Waals surface area contributed by atoms with Crippen molar-refractivity contribution >= 4 is 0 Å². The molecule has 0 bridgehead atoms. The summed E-state index contributed by atoms with van der Waals surface area (Å²) < 4.78 is 31.5. The summed E-state index contributed by atoms with van der Waals surface area (Å²) in [6, 6.07) is 3.69. The molecule has 0 amide bonds. The standard InChI is InChI=1S/C14H19F2NO/c15-12-6-5-11(14(16)9-12)10-17-7-1-3-13-4-2-8-18-13/h5-6,9,13,17H,1-4,7-8,10H2. The fourth-order valence-electron chi connectivity index (χ4n) is 2.21. The zero-order chi connectivity index (χ0) is 12.8. The molecule has 1 aliphatic heterocycles. The van der Waals surface area contributed by atoms with Gasteiger partial charge < -0.3 is 10.1 Å². The number of hydrogen-bond acceptors (Lipinski definition) is 2. The minimum atomic E-state index is -0.533. The summed E-state index contributed by atoms with van der Waals surface area (Å²) in [5, 5.41) is 3.17. The SMILES string of the molecule is Fc1ccc(CNCCCC2CCCO2)c(F)c1. The highest BCUT2D eigenvalue weighted by atomic mass is 19.1. The van der Waals surface area contributed by atoms with E-state index in [4.69, 9.17) is 4.74 Å². The van der Waals surface area contributed by atoms with Gasteiger partial charge in [0.05, 0.1) is 6.10 Å². The van der Waals surface area contributed by atoms with Crippen LogP contribution in [0, 0.1) is 11.6 Å². The van der Waals surface area contributed by atoms with Crippen molar-refractivity contribution in [1.29, 1.82) is 0 Å². The number of benzene rings is 1. The summed E-state index contributed by atoms with van der Waals surface area (Å²) in [7, 11) is 0. The Labute approximate surface area is 106 Å². The van der Waals surface area contributed by atoms with Crippen LogP contribution in [-0.4, -0.2) is 19.3 Å². The number of nitrogens with one attached hydrogen (secondary N) is 1. The Balaban J connectivity index is 1.62. The zero-order valence-corrected chi connectivity index (χ0v) is 10.4. The van der Waals surface area contributed by atoms with Crippen LogP contribution >= 0.6 is 0 Å². The molecule has 0 aliphatic carbocycles. The Morgan fingerprint density at radius 2 is 2.22 bits per heavy atom. The van der Waals surface area contributed by atoms with Crippen molar-refractivity contribution in [3.8, 4) is 0 Å². The summed E-state index contributed by atoms with van der Waals surface area (Å²) >= 11 is 0. The highest BCUT2D eigenvalue weighted by molar-refractivity contribution is 5.18. The average Bonchev–Trinajstić information content (AvgIpc) is 2.84. The molecule has 18 heavy (non-hydrogen) atoms. The highest BCUT2D eigenvalue weighted by Gasteiger charge is 2.14. The van der Waals surface area contributed by atoms with E-state index in [1.54, 1.807) is 0 Å². The maximum absolute atomic E-state index is 13.3. The van der Waals surface area contributed by atoms with Crippen molar-refractivity contribution in [3.05, 3.63) is 35.4 Å². The summed E-state index contributed by atoms with van der Waals surface area (Å²) in [6.45, 7) is 2.16. The lowest BCUT2D eigenvalue weighted by Crippen LogP contribution is -2.17. The minimum Gasteiger partial charge on any atom is -0.378 e. The van der Waals surface area contributed by atoms with Gasteiger partial charge in [-0.2, -0.15) is 0 Å². The van der Waals surface area contributed by atoms with Crippen LogP contribution in [0.3, 0.4) is 0 Å². The Morgan fingerprint density at radius 3 is 2.94 bits per heavy atom. The predicted molar refractivity (Wildman–Crippen MR) is 66.3 cm³/mol. The molecule has 4 heteroatoms. The molecule has 100 valence electrons. The molecule has 1 aromatic rings. The van der Waals surface area contributed by atoms with Crippen molar-refractivity contribution < 1.29 is 13.5 Å². The molecule has 1 unspecified atom stereocenters. The maximum atomic E-state index is 13.3. The molecule has 0 spiro atoms. The van der Waals surface area contributed by atoms with Crippen molar-refractivity contribution in [2.24, 2.45) is 0 Å². The normalized spacial score (nSPS) is 19.3. The molecule has 1 heterocycles. The van der Waals surface area contributed by atoms with Gasteiger partial charge in [-0.3, -0.25) is 0 Å². The van der Waals surface area contributed by atoms with Gasteiger partial charge in [-0.1, -0.05) is 6.07 Å². The summed E-state index contributed by atoms with van der Waals surface area (Å²) in [6.07, 6.45) is 4.81. The number of hydrogen-bond donors (Lipinski definition) is 1. The molecule has 2 nitrogen and oxygen atoms in total. The largest absolute Gasteiger partial charge is 0.378 e. The fraction of sp³-hybridized carbons (Fsp3) is 0.571. The zero-order valence-electron chi connectivity index (χ0n) is 10.4. The Hall–Kier alpha value is -1.00. The van der Waals surface area contributed by atoms with E-state index in [1.807, 2.05) is 0 Å². The molecule has 1 aliphatic rings. The van der Waals surface area contributed by atoms with Crippen LogP contribution in [0.15, 0.2) is 18.2 Å². The van der Waals surface area contributed by atoms with Crippen LogP contribution in [0.4, 0.5) is 8.78 Å². The topological polar surface area (TPSA) is 21.3 Å². The lowest BCUT2D eigenvalue weighted by molar-refractivity contribution is 0.102. The van der Waals surface area contributed by atoms with E-state index in [9.17, 15) is 8.78 Å². The first-order valence-corrected chi connectivity index (χ1v) is 6.52. The average molecular weight is 255 g/mol. The van der Waals surface area contributed by atoms with Gasteiger partial charge in [0.25, 0.3) is 0 Å². The third kappa shape index (κ3) is 4.03. The van der Waals surface area contributed by atoms with Crippen LogP contribution in [0.25, 0.3) is 0 Å². The van der Waals surface area contributed by atoms with Crippen LogP contribution < -0.4 is 5.32 Å². The molecule has 0 radical (unpaired) electrons. The Bertz CT molecular complexity index is 378. The van der Waals surface area contributed by atoms with Crippen LogP contribution in [-0.2, 0) is 11.3 Å². The van der Waals surface area contributed by atoms with E-state index < -0.39 is 11.6 Å². The molecule has 1 saturated heterocycles. The second-order valence-electron chi connectivity index (χ2n) is 4.69. The second kappa shape index (κ2) is 6.81. The van der Waals surface area contributed by atoms with Gasteiger partial charge >= 0.3 is 0 Å². The first-order valence-electron chi connectivity index (χ1n) is 6.52. The van der Waals surface area contributed by atoms with Crippen LogP contribution in [0.2, 0.25) is 0 Å². The molecule has 1 fully saturated rings. The predicted octanol–water partition coefficient (Wildman–Crippen LogP) is 3.01. The molecule has 0 saturated carbocycles. The number of halogens is 2. The summed E-state index contributed by atoms with van der Waals surface area (Å²) in [5.74, 6) is -1.02. The van der Waals surface area contributed by atoms with E-state index in [0.717, 1.165) is 38.5 Å². The van der Waals surface area contributed by atoms with Crippen molar-refractivity contribution in [3.63, 3.8) is 0 Å². The van der Waals surface area contributed by atoms with E-state index in [0.29, 0.717) is 18.2 Å². The molecule has 1 N–H and O–H groups in total. The molecule has 2 rings (SSSR count). The van der Waals surface area contributed by atoms with E-state index in [1.165, 1.54) is 18.6 Å². The quantitative estimate of drug-likeness (QED) is 0.789. The van der Waals surface area contributed by atoms with Crippen molar-refractivity contribution in [2.75, 3.05) is 13.2 Å². The molecule has 1 aromatic carbocycles. The van der Waals surface area contributed by atoms with Crippen LogP contribution in [0.5, 0.6) is 0 Å². The minimum absolute atomic E-state index is 0.411. The third-order valence-electron chi connectivity index (χ3n) is 3.23. The first kappa shape index (κ1) is 13.4. The van der Waals surface area contributed by atoms with Crippen molar-refractivity contribution in [1.82, 2.24) is 5.32 Å². The molecule has 0 aromatic heterocycles. The van der Waals surface area contributed by atoms with Gasteiger partial charge in [0.15, 0.2) is 0 Å². The Kier molecular flexibility index (Phi) is 5.08. The molecular weight excluding hydrogens is 236 g/mol. The van der Waals surface area contributed by atoms with E-state index >= 15 is 0 Å². The van der Waals surface area contributed by atoms with Gasteiger partial charge in [-0.15, -0.1) is 0 Å².